The van der Waals surface area contributed by atoms with Gasteiger partial charge in [-0.3, -0.25) is 9.59 Å². The third-order valence-electron chi connectivity index (χ3n) is 5.84. The highest BCUT2D eigenvalue weighted by Crippen LogP contribution is 2.27. The molecule has 0 aromatic rings. The molecule has 30 heavy (non-hydrogen) atoms. The van der Waals surface area contributed by atoms with Gasteiger partial charge in [0.25, 0.3) is 0 Å². The summed E-state index contributed by atoms with van der Waals surface area (Å²) in [4.78, 5) is 50.7. The molecule has 1 atom stereocenters. The van der Waals surface area contributed by atoms with Crippen molar-refractivity contribution < 1.29 is 37.1 Å². The first kappa shape index (κ1) is 23.9. The number of nitrogens with zero attached hydrogens (tertiary/aromatic N) is 1. The second kappa shape index (κ2) is 9.63. The van der Waals surface area contributed by atoms with Crippen LogP contribution in [-0.4, -0.2) is 87.6 Å². The lowest BCUT2D eigenvalue weighted by molar-refractivity contribution is -0.148. The van der Waals surface area contributed by atoms with Gasteiger partial charge in [0.1, 0.15) is 21.4 Å². The number of amides is 3. The Morgan fingerprint density at radius 2 is 1.60 bits per heavy atom. The lowest BCUT2D eigenvalue weighted by atomic mass is 9.85. The summed E-state index contributed by atoms with van der Waals surface area (Å²) in [5, 5.41) is 5.23. The molecule has 12 heteroatoms. The molecule has 0 radical (unpaired) electrons. The number of carbonyl (C=O) groups is 4. The van der Waals surface area contributed by atoms with Crippen molar-refractivity contribution >= 4 is 33.7 Å². The molecule has 0 aliphatic carbocycles. The van der Waals surface area contributed by atoms with Gasteiger partial charge in [-0.2, -0.15) is 0 Å². The van der Waals surface area contributed by atoms with Gasteiger partial charge in [-0.15, -0.1) is 0 Å². The molecular formula is C18H29N3O8S. The highest BCUT2D eigenvalue weighted by atomic mass is 32.2. The number of ether oxygens (including phenoxy) is 2. The maximum absolute atomic E-state index is 13.2. The number of sulfone groups is 1. The van der Waals surface area contributed by atoms with Crippen molar-refractivity contribution in [2.24, 2.45) is 5.92 Å². The van der Waals surface area contributed by atoms with Gasteiger partial charge in [-0.05, 0) is 31.6 Å². The quantitative estimate of drug-likeness (QED) is 0.521. The molecule has 0 spiro atoms. The Morgan fingerprint density at radius 1 is 1.03 bits per heavy atom. The molecule has 0 aromatic heterocycles. The number of likely N-dealkylation sites (tertiary alicyclic amines) is 1. The van der Waals surface area contributed by atoms with Crippen molar-refractivity contribution in [2.75, 3.05) is 38.8 Å². The van der Waals surface area contributed by atoms with Crippen LogP contribution < -0.4 is 10.6 Å². The molecular weight excluding hydrogens is 418 g/mol. The van der Waals surface area contributed by atoms with Gasteiger partial charge in [0.15, 0.2) is 0 Å². The Labute approximate surface area is 175 Å². The van der Waals surface area contributed by atoms with Crippen LogP contribution in [0, 0.1) is 5.92 Å². The van der Waals surface area contributed by atoms with Crippen LogP contribution in [0.3, 0.4) is 0 Å². The molecule has 3 amide bonds. The number of hydrogen-bond acceptors (Lipinski definition) is 8. The van der Waals surface area contributed by atoms with E-state index in [0.717, 1.165) is 0 Å². The van der Waals surface area contributed by atoms with E-state index in [1.54, 1.807) is 4.90 Å². The monoisotopic (exact) mass is 447 g/mol. The largest absolute Gasteiger partial charge is 0.467 e. The topological polar surface area (TPSA) is 148 Å². The van der Waals surface area contributed by atoms with Crippen molar-refractivity contribution in [1.29, 1.82) is 0 Å². The first-order valence-corrected chi connectivity index (χ1v) is 11.6. The summed E-state index contributed by atoms with van der Waals surface area (Å²) in [7, 11) is -0.791. The molecule has 11 nitrogen and oxygen atoms in total. The van der Waals surface area contributed by atoms with Crippen molar-refractivity contribution in [3.8, 4) is 0 Å². The second-order valence-corrected chi connectivity index (χ2v) is 9.97. The van der Waals surface area contributed by atoms with Crippen molar-refractivity contribution in [3.63, 3.8) is 0 Å². The summed E-state index contributed by atoms with van der Waals surface area (Å²) in [5.74, 6) is -1.96. The maximum atomic E-state index is 13.2. The third-order valence-corrected chi connectivity index (χ3v) is 7.55. The predicted molar refractivity (Wildman–Crippen MR) is 105 cm³/mol. The van der Waals surface area contributed by atoms with Crippen LogP contribution in [0.15, 0.2) is 0 Å². The first-order chi connectivity index (χ1) is 14.0. The van der Waals surface area contributed by atoms with Crippen molar-refractivity contribution in [3.05, 3.63) is 0 Å². The predicted octanol–water partition coefficient (Wildman–Crippen LogP) is -0.794. The SMILES string of the molecule is COC(=O)NC1(C(=O)NC(C(=O)OC)C2CCS(=O)(=O)CC2)CCN(C(C)=O)CC1. The van der Waals surface area contributed by atoms with Crippen molar-refractivity contribution in [1.82, 2.24) is 15.5 Å². The number of alkyl carbamates (subject to hydrolysis) is 1. The van der Waals surface area contributed by atoms with E-state index in [4.69, 9.17) is 4.74 Å². The van der Waals surface area contributed by atoms with Gasteiger partial charge in [0.05, 0.1) is 25.7 Å². The number of esters is 1. The lowest BCUT2D eigenvalue weighted by Gasteiger charge is -2.41. The van der Waals surface area contributed by atoms with Crippen LogP contribution in [0.1, 0.15) is 32.6 Å². The first-order valence-electron chi connectivity index (χ1n) is 9.74. The van der Waals surface area contributed by atoms with E-state index in [1.165, 1.54) is 21.1 Å². The summed E-state index contributed by atoms with van der Waals surface area (Å²) >= 11 is 0. The summed E-state index contributed by atoms with van der Waals surface area (Å²) in [5.41, 5.74) is -1.37. The molecule has 2 heterocycles. The van der Waals surface area contributed by atoms with Crippen LogP contribution in [0.25, 0.3) is 0 Å². The van der Waals surface area contributed by atoms with Gasteiger partial charge in [0.2, 0.25) is 11.8 Å². The number of piperidine rings is 1. The zero-order valence-corrected chi connectivity index (χ0v) is 18.2. The number of carbonyl (C=O) groups excluding carboxylic acids is 4. The number of rotatable bonds is 5. The fraction of sp³-hybridized carbons (Fsp3) is 0.778. The Balaban J connectivity index is 2.21. The average molecular weight is 448 g/mol. The van der Waals surface area contributed by atoms with Crippen LogP contribution in [0.2, 0.25) is 0 Å². The Kier molecular flexibility index (Phi) is 7.67. The number of methoxy groups -OCH3 is 2. The van der Waals surface area contributed by atoms with Gasteiger partial charge >= 0.3 is 12.1 Å². The Hall–Kier alpha value is -2.37. The molecule has 2 aliphatic rings. The normalized spacial score (nSPS) is 21.8. The maximum Gasteiger partial charge on any atom is 0.407 e. The number of nitrogens with one attached hydrogen (secondary N) is 2. The summed E-state index contributed by atoms with van der Waals surface area (Å²) in [6.45, 7) is 1.92. The zero-order chi connectivity index (χ0) is 22.5. The minimum atomic E-state index is -3.15. The summed E-state index contributed by atoms with van der Waals surface area (Å²) < 4.78 is 32.9. The molecule has 0 aromatic carbocycles. The van der Waals surface area contributed by atoms with Gasteiger partial charge in [-0.1, -0.05) is 0 Å². The van der Waals surface area contributed by atoms with Gasteiger partial charge in [-0.25, -0.2) is 18.0 Å². The van der Waals surface area contributed by atoms with E-state index >= 15 is 0 Å². The van der Waals surface area contributed by atoms with Crippen LogP contribution in [-0.2, 0) is 33.7 Å². The third kappa shape index (κ3) is 5.61. The minimum absolute atomic E-state index is 0.0693. The van der Waals surface area contributed by atoms with Crippen LogP contribution >= 0.6 is 0 Å². The van der Waals surface area contributed by atoms with Crippen molar-refractivity contribution in [2.45, 2.75) is 44.2 Å². The molecule has 0 saturated carbocycles. The minimum Gasteiger partial charge on any atom is -0.467 e. The molecule has 2 rings (SSSR count). The highest BCUT2D eigenvalue weighted by molar-refractivity contribution is 7.91. The van der Waals surface area contributed by atoms with Gasteiger partial charge in [0, 0.05) is 20.0 Å². The standard InChI is InChI=1S/C18H29N3O8S/c1-12(22)21-8-6-18(7-9-21,20-17(25)29-3)16(24)19-14(15(23)28-2)13-4-10-30(26,27)11-5-13/h13-14H,4-11H2,1-3H3,(H,19,24)(H,20,25). The number of hydrogen-bond donors (Lipinski definition) is 2. The van der Waals surface area contributed by atoms with Crippen LogP contribution in [0.4, 0.5) is 4.79 Å². The molecule has 2 saturated heterocycles. The highest BCUT2D eigenvalue weighted by Gasteiger charge is 2.46. The van der Waals surface area contributed by atoms with Gasteiger partial charge < -0.3 is 25.0 Å². The fourth-order valence-electron chi connectivity index (χ4n) is 3.88. The fourth-order valence-corrected chi connectivity index (χ4v) is 5.40. The molecule has 2 aliphatic heterocycles. The molecule has 2 fully saturated rings. The lowest BCUT2D eigenvalue weighted by Crippen LogP contribution is -2.66. The molecule has 2 N–H and O–H groups in total. The molecule has 0 bridgehead atoms. The summed E-state index contributed by atoms with van der Waals surface area (Å²) in [6.07, 6.45) is -0.0867. The van der Waals surface area contributed by atoms with E-state index in [-0.39, 0.29) is 56.2 Å². The van der Waals surface area contributed by atoms with Crippen LogP contribution in [0.5, 0.6) is 0 Å². The molecule has 170 valence electrons. The summed E-state index contributed by atoms with van der Waals surface area (Å²) in [6, 6.07) is -1.04. The van der Waals surface area contributed by atoms with E-state index < -0.39 is 45.3 Å². The second-order valence-electron chi connectivity index (χ2n) is 7.67. The molecule has 1 unspecified atom stereocenters. The average Bonchev–Trinajstić information content (AvgIpc) is 2.71. The van der Waals surface area contributed by atoms with E-state index in [2.05, 4.69) is 15.4 Å². The Morgan fingerprint density at radius 3 is 2.07 bits per heavy atom. The van der Waals surface area contributed by atoms with E-state index in [1.807, 2.05) is 0 Å². The Bertz CT molecular complexity index is 775. The smallest absolute Gasteiger partial charge is 0.407 e. The van der Waals surface area contributed by atoms with E-state index in [0.29, 0.717) is 0 Å². The van der Waals surface area contributed by atoms with E-state index in [9.17, 15) is 27.6 Å². The zero-order valence-electron chi connectivity index (χ0n) is 17.4.